The number of sulfonamides is 1. The van der Waals surface area contributed by atoms with Crippen LogP contribution in [0.1, 0.15) is 44.2 Å². The van der Waals surface area contributed by atoms with Gasteiger partial charge in [0.15, 0.2) is 0 Å². The monoisotopic (exact) mass is 422 g/mol. The summed E-state index contributed by atoms with van der Waals surface area (Å²) in [6, 6.07) is 6.85. The van der Waals surface area contributed by atoms with E-state index in [-0.39, 0.29) is 17.2 Å². The first-order chi connectivity index (χ1) is 13.1. The number of nitrogens with zero attached hydrogens (tertiary/aromatic N) is 3. The lowest BCUT2D eigenvalue weighted by Gasteiger charge is -2.30. The molecule has 0 bridgehead atoms. The maximum Gasteiger partial charge on any atom is 0.243 e. The number of benzene rings is 1. The van der Waals surface area contributed by atoms with E-state index in [1.807, 2.05) is 27.7 Å². The van der Waals surface area contributed by atoms with Crippen LogP contribution in [-0.4, -0.2) is 41.9 Å². The summed E-state index contributed by atoms with van der Waals surface area (Å²) in [5, 5.41) is 12.4. The van der Waals surface area contributed by atoms with Crippen LogP contribution in [0, 0.1) is 12.8 Å². The van der Waals surface area contributed by atoms with E-state index in [2.05, 4.69) is 15.5 Å². The van der Waals surface area contributed by atoms with E-state index in [9.17, 15) is 13.2 Å². The highest BCUT2D eigenvalue weighted by Gasteiger charge is 2.32. The van der Waals surface area contributed by atoms with Crippen LogP contribution >= 0.6 is 11.3 Å². The summed E-state index contributed by atoms with van der Waals surface area (Å²) >= 11 is 1.37. The SMILES string of the molecule is Cc1ccc(S(=O)(=O)N2CCC(C(=O)Nc3nnc(C(C)(C)C)s3)CC2)cc1. The first-order valence-corrected chi connectivity index (χ1v) is 11.5. The van der Waals surface area contributed by atoms with Crippen LogP contribution in [0.4, 0.5) is 5.13 Å². The van der Waals surface area contributed by atoms with Crippen LogP contribution < -0.4 is 5.32 Å². The molecule has 1 aromatic heterocycles. The average Bonchev–Trinajstić information content (AvgIpc) is 3.11. The number of aromatic nitrogens is 2. The molecule has 0 aliphatic carbocycles. The van der Waals surface area contributed by atoms with Crippen LogP contribution in [0.15, 0.2) is 29.2 Å². The Balaban J connectivity index is 1.59. The highest BCUT2D eigenvalue weighted by atomic mass is 32.2. The average molecular weight is 423 g/mol. The number of hydrogen-bond acceptors (Lipinski definition) is 6. The first kappa shape index (κ1) is 20.9. The molecule has 2 aromatic rings. The quantitative estimate of drug-likeness (QED) is 0.817. The van der Waals surface area contributed by atoms with Gasteiger partial charge in [-0.2, -0.15) is 4.31 Å². The van der Waals surface area contributed by atoms with E-state index in [4.69, 9.17) is 0 Å². The number of piperidine rings is 1. The molecule has 2 heterocycles. The maximum absolute atomic E-state index is 12.8. The first-order valence-electron chi connectivity index (χ1n) is 9.29. The molecule has 1 saturated heterocycles. The van der Waals surface area contributed by atoms with E-state index in [1.165, 1.54) is 15.6 Å². The molecule has 0 unspecified atom stereocenters. The smallest absolute Gasteiger partial charge is 0.243 e. The molecule has 0 spiro atoms. The zero-order valence-corrected chi connectivity index (χ0v) is 18.2. The number of carbonyl (C=O) groups excluding carboxylic acids is 1. The lowest BCUT2D eigenvalue weighted by molar-refractivity contribution is -0.120. The third-order valence-electron chi connectivity index (χ3n) is 4.78. The minimum absolute atomic E-state index is 0.115. The van der Waals surface area contributed by atoms with Crippen molar-refractivity contribution < 1.29 is 13.2 Å². The van der Waals surface area contributed by atoms with Crippen LogP contribution in [0.3, 0.4) is 0 Å². The second-order valence-corrected chi connectivity index (χ2v) is 11.1. The zero-order valence-electron chi connectivity index (χ0n) is 16.6. The molecule has 9 heteroatoms. The number of carbonyl (C=O) groups is 1. The Kier molecular flexibility index (Phi) is 5.88. The Morgan fingerprint density at radius 1 is 1.14 bits per heavy atom. The minimum Gasteiger partial charge on any atom is -0.300 e. The number of anilines is 1. The van der Waals surface area contributed by atoms with Crippen molar-refractivity contribution in [3.8, 4) is 0 Å². The highest BCUT2D eigenvalue weighted by Crippen LogP contribution is 2.29. The van der Waals surface area contributed by atoms with Gasteiger partial charge in [0.1, 0.15) is 5.01 Å². The van der Waals surface area contributed by atoms with Gasteiger partial charge in [-0.15, -0.1) is 10.2 Å². The summed E-state index contributed by atoms with van der Waals surface area (Å²) in [5.41, 5.74) is 0.900. The van der Waals surface area contributed by atoms with Gasteiger partial charge in [-0.1, -0.05) is 49.8 Å². The summed E-state index contributed by atoms with van der Waals surface area (Å²) in [6.45, 7) is 8.72. The largest absolute Gasteiger partial charge is 0.300 e. The Morgan fingerprint density at radius 3 is 2.29 bits per heavy atom. The molecule has 0 saturated carbocycles. The number of hydrogen-bond donors (Lipinski definition) is 1. The van der Waals surface area contributed by atoms with Crippen LogP contribution in [0.25, 0.3) is 0 Å². The number of nitrogens with one attached hydrogen (secondary N) is 1. The molecule has 1 aliphatic rings. The second kappa shape index (κ2) is 7.88. The summed E-state index contributed by atoms with van der Waals surface area (Å²) in [6.07, 6.45) is 0.976. The fourth-order valence-corrected chi connectivity index (χ4v) is 5.28. The molecule has 152 valence electrons. The van der Waals surface area contributed by atoms with Gasteiger partial charge in [0.2, 0.25) is 21.1 Å². The van der Waals surface area contributed by atoms with Crippen molar-refractivity contribution in [3.63, 3.8) is 0 Å². The van der Waals surface area contributed by atoms with Crippen molar-refractivity contribution in [2.45, 2.75) is 50.8 Å². The molecule has 1 amide bonds. The lowest BCUT2D eigenvalue weighted by Crippen LogP contribution is -2.41. The maximum atomic E-state index is 12.8. The summed E-state index contributed by atoms with van der Waals surface area (Å²) < 4.78 is 27.0. The highest BCUT2D eigenvalue weighted by molar-refractivity contribution is 7.89. The van der Waals surface area contributed by atoms with Crippen LogP contribution in [-0.2, 0) is 20.2 Å². The van der Waals surface area contributed by atoms with E-state index >= 15 is 0 Å². The molecule has 0 radical (unpaired) electrons. The molecular formula is C19H26N4O3S2. The van der Waals surface area contributed by atoms with Gasteiger partial charge >= 0.3 is 0 Å². The predicted octanol–water partition coefficient (Wildman–Crippen LogP) is 3.18. The number of amides is 1. The van der Waals surface area contributed by atoms with Gasteiger partial charge in [-0.25, -0.2) is 8.42 Å². The summed E-state index contributed by atoms with van der Waals surface area (Å²) in [5.74, 6) is -0.351. The molecule has 1 aromatic carbocycles. The van der Waals surface area contributed by atoms with Gasteiger partial charge in [0, 0.05) is 24.4 Å². The summed E-state index contributed by atoms with van der Waals surface area (Å²) in [7, 11) is -3.52. The molecule has 1 aliphatic heterocycles. The molecule has 1 fully saturated rings. The molecule has 1 N–H and O–H groups in total. The van der Waals surface area contributed by atoms with Gasteiger partial charge in [-0.3, -0.25) is 4.79 Å². The Hall–Kier alpha value is -1.84. The van der Waals surface area contributed by atoms with Crippen molar-refractivity contribution in [2.75, 3.05) is 18.4 Å². The minimum atomic E-state index is -3.52. The molecule has 7 nitrogen and oxygen atoms in total. The second-order valence-electron chi connectivity index (χ2n) is 8.14. The number of aryl methyl sites for hydroxylation is 1. The van der Waals surface area contributed by atoms with E-state index < -0.39 is 10.0 Å². The van der Waals surface area contributed by atoms with Crippen molar-refractivity contribution in [2.24, 2.45) is 5.92 Å². The van der Waals surface area contributed by atoms with Crippen molar-refractivity contribution in [3.05, 3.63) is 34.8 Å². The Bertz CT molecular complexity index is 938. The fraction of sp³-hybridized carbons (Fsp3) is 0.526. The van der Waals surface area contributed by atoms with Gasteiger partial charge in [0.05, 0.1) is 4.90 Å². The molecule has 0 atom stereocenters. The Morgan fingerprint density at radius 2 is 1.75 bits per heavy atom. The normalized spacial score (nSPS) is 16.9. The lowest BCUT2D eigenvalue weighted by atomic mass is 9.97. The van der Waals surface area contributed by atoms with Gasteiger partial charge in [0.25, 0.3) is 0 Å². The van der Waals surface area contributed by atoms with E-state index in [1.54, 1.807) is 24.3 Å². The third-order valence-corrected chi connectivity index (χ3v) is 7.96. The zero-order chi connectivity index (χ0) is 20.5. The third kappa shape index (κ3) is 4.59. The van der Waals surface area contributed by atoms with Crippen LogP contribution in [0.2, 0.25) is 0 Å². The van der Waals surface area contributed by atoms with Gasteiger partial charge < -0.3 is 5.32 Å². The summed E-state index contributed by atoms with van der Waals surface area (Å²) in [4.78, 5) is 12.8. The predicted molar refractivity (Wildman–Crippen MR) is 110 cm³/mol. The van der Waals surface area contributed by atoms with Crippen LogP contribution in [0.5, 0.6) is 0 Å². The molecular weight excluding hydrogens is 396 g/mol. The fourth-order valence-electron chi connectivity index (χ4n) is 3.00. The van der Waals surface area contributed by atoms with Crippen molar-refractivity contribution in [1.29, 1.82) is 0 Å². The van der Waals surface area contributed by atoms with E-state index in [0.29, 0.717) is 36.0 Å². The topological polar surface area (TPSA) is 92.3 Å². The van der Waals surface area contributed by atoms with Crippen molar-refractivity contribution in [1.82, 2.24) is 14.5 Å². The molecule has 28 heavy (non-hydrogen) atoms. The molecule has 3 rings (SSSR count). The van der Waals surface area contributed by atoms with E-state index in [0.717, 1.165) is 10.6 Å². The number of rotatable bonds is 4. The van der Waals surface area contributed by atoms with Crippen molar-refractivity contribution >= 4 is 32.4 Å². The standard InChI is InChI=1S/C19H26N4O3S2/c1-13-5-7-15(8-6-13)28(25,26)23-11-9-14(10-12-23)16(24)20-18-22-21-17(27-18)19(2,3)4/h5-8,14H,9-12H2,1-4H3,(H,20,22,24). The Labute approximate surface area is 170 Å². The van der Waals surface area contributed by atoms with Gasteiger partial charge in [-0.05, 0) is 31.9 Å².